The van der Waals surface area contributed by atoms with E-state index in [-0.39, 0.29) is 12.1 Å². The zero-order valence-electron chi connectivity index (χ0n) is 17.0. The molecule has 5 nitrogen and oxygen atoms in total. The molecule has 1 aromatic carbocycles. The number of hydrogen-bond donors (Lipinski definition) is 0. The molecule has 1 aliphatic carbocycles. The average molecular weight is 429 g/mol. The minimum absolute atomic E-state index is 0.0214. The third-order valence-electron chi connectivity index (χ3n) is 5.38. The van der Waals surface area contributed by atoms with Crippen LogP contribution in [0.3, 0.4) is 0 Å². The largest absolute Gasteiger partial charge is 0.378 e. The van der Waals surface area contributed by atoms with Crippen molar-refractivity contribution in [3.63, 3.8) is 0 Å². The first-order valence-corrected chi connectivity index (χ1v) is 11.8. The maximum atomic E-state index is 12.8. The van der Waals surface area contributed by atoms with Crippen LogP contribution < -0.4 is 0 Å². The lowest BCUT2D eigenvalue weighted by Gasteiger charge is -2.34. The van der Waals surface area contributed by atoms with Crippen LogP contribution in [0.5, 0.6) is 0 Å². The lowest BCUT2D eigenvalue weighted by Crippen LogP contribution is -2.40. The van der Waals surface area contributed by atoms with Gasteiger partial charge in [0, 0.05) is 31.3 Å². The number of hydrogen-bond acceptors (Lipinski definition) is 4. The van der Waals surface area contributed by atoms with E-state index in [0.717, 1.165) is 58.2 Å². The molecule has 0 aromatic heterocycles. The monoisotopic (exact) mass is 428 g/mol. The lowest BCUT2D eigenvalue weighted by molar-refractivity contribution is 0.0153. The van der Waals surface area contributed by atoms with Crippen LogP contribution in [0.4, 0.5) is 0 Å². The molecule has 2 rings (SSSR count). The third kappa shape index (κ3) is 6.85. The van der Waals surface area contributed by atoms with E-state index < -0.39 is 10.0 Å². The fraction of sp³-hybridized carbons (Fsp3) is 0.619. The van der Waals surface area contributed by atoms with Crippen LogP contribution in [0.15, 0.2) is 41.8 Å². The first-order chi connectivity index (χ1) is 13.3. The van der Waals surface area contributed by atoms with Gasteiger partial charge in [-0.25, -0.2) is 8.42 Å². The van der Waals surface area contributed by atoms with Gasteiger partial charge in [-0.3, -0.25) is 0 Å². The summed E-state index contributed by atoms with van der Waals surface area (Å²) in [6.07, 6.45) is 7.79. The summed E-state index contributed by atoms with van der Waals surface area (Å²) < 4.78 is 33.2. The molecule has 0 aliphatic heterocycles. The molecule has 0 amide bonds. The third-order valence-corrected chi connectivity index (χ3v) is 7.55. The Morgan fingerprint density at radius 3 is 2.39 bits per heavy atom. The van der Waals surface area contributed by atoms with Crippen LogP contribution in [0.1, 0.15) is 38.5 Å². The molecule has 1 saturated carbocycles. The van der Waals surface area contributed by atoms with Gasteiger partial charge in [0.15, 0.2) is 0 Å². The highest BCUT2D eigenvalue weighted by Crippen LogP contribution is 2.28. The number of rotatable bonds is 11. The SMILES string of the molecule is C=CCN(C)CCCCOC1CCC(N(C)S(=O)(=O)c2ccc(Cl)cc2)CC1. The van der Waals surface area contributed by atoms with Gasteiger partial charge in [0.25, 0.3) is 0 Å². The van der Waals surface area contributed by atoms with Gasteiger partial charge in [-0.05, 0) is 76.4 Å². The summed E-state index contributed by atoms with van der Waals surface area (Å²) in [6, 6.07) is 6.38. The molecule has 7 heteroatoms. The van der Waals surface area contributed by atoms with E-state index in [4.69, 9.17) is 16.3 Å². The van der Waals surface area contributed by atoms with Crippen molar-refractivity contribution in [2.75, 3.05) is 33.8 Å². The molecule has 0 spiro atoms. The molecular weight excluding hydrogens is 396 g/mol. The fourth-order valence-electron chi connectivity index (χ4n) is 3.59. The quantitative estimate of drug-likeness (QED) is 0.391. The number of ether oxygens (including phenoxy) is 1. The number of nitrogens with zero attached hydrogens (tertiary/aromatic N) is 2. The number of likely N-dealkylation sites (N-methyl/N-ethyl adjacent to an activating group) is 1. The van der Waals surface area contributed by atoms with E-state index in [0.29, 0.717) is 9.92 Å². The molecule has 1 fully saturated rings. The molecule has 28 heavy (non-hydrogen) atoms. The Morgan fingerprint density at radius 1 is 1.14 bits per heavy atom. The zero-order valence-corrected chi connectivity index (χ0v) is 18.6. The Kier molecular flexibility index (Phi) is 9.44. The number of sulfonamides is 1. The Balaban J connectivity index is 1.72. The topological polar surface area (TPSA) is 49.9 Å². The molecular formula is C21H33ClN2O3S. The number of unbranched alkanes of at least 4 members (excludes halogenated alkanes) is 1. The van der Waals surface area contributed by atoms with Crippen LogP contribution in [-0.2, 0) is 14.8 Å². The van der Waals surface area contributed by atoms with E-state index in [1.807, 2.05) is 6.08 Å². The molecule has 158 valence electrons. The Labute approximate surface area is 175 Å². The highest BCUT2D eigenvalue weighted by Gasteiger charge is 2.31. The fourth-order valence-corrected chi connectivity index (χ4v) is 5.13. The summed E-state index contributed by atoms with van der Waals surface area (Å²) >= 11 is 5.87. The second kappa shape index (κ2) is 11.3. The van der Waals surface area contributed by atoms with Crippen LogP contribution >= 0.6 is 11.6 Å². The highest BCUT2D eigenvalue weighted by molar-refractivity contribution is 7.89. The standard InChI is InChI=1S/C21H33ClN2O3S/c1-4-15-23(2)16-5-6-17-27-20-11-9-19(10-12-20)24(3)28(25,26)21-13-7-18(22)8-14-21/h4,7-8,13-14,19-20H,1,5-6,9-12,15-17H2,2-3H3. The van der Waals surface area contributed by atoms with Crippen molar-refractivity contribution in [1.29, 1.82) is 0 Å². The van der Waals surface area contributed by atoms with Crippen molar-refractivity contribution in [1.82, 2.24) is 9.21 Å². The summed E-state index contributed by atoms with van der Waals surface area (Å²) in [4.78, 5) is 2.54. The summed E-state index contributed by atoms with van der Waals surface area (Å²) in [5.41, 5.74) is 0. The molecule has 0 bridgehead atoms. The predicted octanol–water partition coefficient (Wildman–Crippen LogP) is 4.19. The van der Waals surface area contributed by atoms with Crippen molar-refractivity contribution in [3.05, 3.63) is 41.9 Å². The first-order valence-electron chi connectivity index (χ1n) is 9.99. The van der Waals surface area contributed by atoms with Crippen molar-refractivity contribution in [2.24, 2.45) is 0 Å². The molecule has 0 saturated heterocycles. The van der Waals surface area contributed by atoms with E-state index in [9.17, 15) is 8.42 Å². The average Bonchev–Trinajstić information content (AvgIpc) is 2.68. The zero-order chi connectivity index (χ0) is 20.6. The second-order valence-electron chi connectivity index (χ2n) is 7.53. The van der Waals surface area contributed by atoms with Gasteiger partial charge in [0.1, 0.15) is 0 Å². The predicted molar refractivity (Wildman–Crippen MR) is 115 cm³/mol. The van der Waals surface area contributed by atoms with Gasteiger partial charge in [0.2, 0.25) is 10.0 Å². The van der Waals surface area contributed by atoms with E-state index in [1.54, 1.807) is 31.3 Å². The van der Waals surface area contributed by atoms with Crippen molar-refractivity contribution in [2.45, 2.75) is 55.6 Å². The molecule has 0 heterocycles. The van der Waals surface area contributed by atoms with E-state index >= 15 is 0 Å². The van der Waals surface area contributed by atoms with Crippen molar-refractivity contribution >= 4 is 21.6 Å². The van der Waals surface area contributed by atoms with Crippen LogP contribution in [-0.4, -0.2) is 63.6 Å². The molecule has 0 atom stereocenters. The van der Waals surface area contributed by atoms with Gasteiger partial charge >= 0.3 is 0 Å². The van der Waals surface area contributed by atoms with Gasteiger partial charge in [0.05, 0.1) is 11.0 Å². The van der Waals surface area contributed by atoms with E-state index in [2.05, 4.69) is 18.5 Å². The van der Waals surface area contributed by atoms with Gasteiger partial charge < -0.3 is 9.64 Å². The van der Waals surface area contributed by atoms with Gasteiger partial charge in [-0.1, -0.05) is 17.7 Å². The van der Waals surface area contributed by atoms with Crippen molar-refractivity contribution < 1.29 is 13.2 Å². The summed E-state index contributed by atoms with van der Waals surface area (Å²) in [6.45, 7) is 6.49. The lowest BCUT2D eigenvalue weighted by atomic mass is 9.93. The van der Waals surface area contributed by atoms with Gasteiger partial charge in [-0.2, -0.15) is 4.31 Å². The minimum atomic E-state index is -3.49. The summed E-state index contributed by atoms with van der Waals surface area (Å²) in [7, 11) is 0.284. The normalized spacial score (nSPS) is 20.6. The maximum Gasteiger partial charge on any atom is 0.243 e. The summed E-state index contributed by atoms with van der Waals surface area (Å²) in [5.74, 6) is 0. The van der Waals surface area contributed by atoms with Gasteiger partial charge in [-0.15, -0.1) is 6.58 Å². The Morgan fingerprint density at radius 2 is 1.79 bits per heavy atom. The molecule has 0 unspecified atom stereocenters. The molecule has 0 radical (unpaired) electrons. The smallest absolute Gasteiger partial charge is 0.243 e. The Bertz CT molecular complexity index is 701. The number of halogens is 1. The van der Waals surface area contributed by atoms with Crippen LogP contribution in [0, 0.1) is 0 Å². The highest BCUT2D eigenvalue weighted by atomic mass is 35.5. The van der Waals surface area contributed by atoms with Crippen LogP contribution in [0.25, 0.3) is 0 Å². The maximum absolute atomic E-state index is 12.8. The van der Waals surface area contributed by atoms with Crippen molar-refractivity contribution in [3.8, 4) is 0 Å². The minimum Gasteiger partial charge on any atom is -0.378 e. The molecule has 1 aromatic rings. The summed E-state index contributed by atoms with van der Waals surface area (Å²) in [5, 5.41) is 0.534. The first kappa shape index (κ1) is 23.4. The Hall–Kier alpha value is -0.920. The van der Waals surface area contributed by atoms with E-state index in [1.165, 1.54) is 4.31 Å². The molecule has 1 aliphatic rings. The second-order valence-corrected chi connectivity index (χ2v) is 9.97. The van der Waals surface area contributed by atoms with Crippen LogP contribution in [0.2, 0.25) is 5.02 Å². The molecule has 0 N–H and O–H groups in total. The number of benzene rings is 1.